The van der Waals surface area contributed by atoms with Gasteiger partial charge in [0.1, 0.15) is 0 Å². The summed E-state index contributed by atoms with van der Waals surface area (Å²) in [6.45, 7) is 4.95. The molecule has 1 aromatic carbocycles. The van der Waals surface area contributed by atoms with Gasteiger partial charge in [-0.2, -0.15) is 0 Å². The lowest BCUT2D eigenvalue weighted by atomic mass is 10.1. The molecule has 3 N–H and O–H groups in total. The molecule has 1 aliphatic rings. The van der Waals surface area contributed by atoms with Gasteiger partial charge >= 0.3 is 0 Å². The molecule has 4 nitrogen and oxygen atoms in total. The van der Waals surface area contributed by atoms with Crippen LogP contribution in [0.15, 0.2) is 24.3 Å². The molecule has 1 unspecified atom stereocenters. The second kappa shape index (κ2) is 4.88. The molecule has 0 fully saturated rings. The largest absolute Gasteiger partial charge is 0.370 e. The van der Waals surface area contributed by atoms with Crippen LogP contribution in [0.1, 0.15) is 19.4 Å². The lowest BCUT2D eigenvalue weighted by Gasteiger charge is -2.33. The summed E-state index contributed by atoms with van der Waals surface area (Å²) in [5, 5.41) is 7.66. The summed E-state index contributed by atoms with van der Waals surface area (Å²) in [6.07, 6.45) is 1.03. The number of nitrogens with one attached hydrogen (secondary N) is 1. The van der Waals surface area contributed by atoms with E-state index in [2.05, 4.69) is 50.1 Å². The van der Waals surface area contributed by atoms with Gasteiger partial charge in [-0.05, 0) is 31.9 Å². The first-order valence-electron chi connectivity index (χ1n) is 6.42. The third-order valence-corrected chi connectivity index (χ3v) is 3.72. The van der Waals surface area contributed by atoms with E-state index in [0.717, 1.165) is 13.0 Å². The number of fused-ring (bicyclic) bond motifs is 1. The average Bonchev–Trinajstić information content (AvgIpc) is 2.63. The van der Waals surface area contributed by atoms with Crippen LogP contribution >= 0.6 is 0 Å². The minimum absolute atomic E-state index is 0.161. The fourth-order valence-electron chi connectivity index (χ4n) is 2.62. The molecule has 98 valence electrons. The predicted octanol–water partition coefficient (Wildman–Crippen LogP) is 1.65. The van der Waals surface area contributed by atoms with Crippen molar-refractivity contribution < 1.29 is 0 Å². The monoisotopic (exact) mass is 246 g/mol. The number of nitrogens with two attached hydrogens (primary N) is 1. The second-order valence-electron chi connectivity index (χ2n) is 5.23. The van der Waals surface area contributed by atoms with Crippen molar-refractivity contribution in [1.82, 2.24) is 4.90 Å². The Morgan fingerprint density at radius 2 is 2.17 bits per heavy atom. The molecule has 0 radical (unpaired) electrons. The molecule has 0 aromatic heterocycles. The molecule has 0 bridgehead atoms. The zero-order valence-corrected chi connectivity index (χ0v) is 11.4. The first-order valence-corrected chi connectivity index (χ1v) is 6.42. The van der Waals surface area contributed by atoms with E-state index < -0.39 is 0 Å². The molecule has 1 atom stereocenters. The quantitative estimate of drug-likeness (QED) is 0.630. The number of hydrogen-bond donors (Lipinski definition) is 2. The van der Waals surface area contributed by atoms with E-state index in [-0.39, 0.29) is 12.0 Å². The molecular weight excluding hydrogens is 224 g/mol. The van der Waals surface area contributed by atoms with Gasteiger partial charge < -0.3 is 15.5 Å². The summed E-state index contributed by atoms with van der Waals surface area (Å²) in [4.78, 5) is 4.25. The van der Waals surface area contributed by atoms with E-state index >= 15 is 0 Å². The van der Waals surface area contributed by atoms with Crippen LogP contribution in [-0.2, 0) is 6.42 Å². The third kappa shape index (κ3) is 2.28. The molecule has 4 heteroatoms. The molecule has 0 saturated heterocycles. The molecular formula is C14H22N4. The minimum atomic E-state index is 0.161. The molecule has 0 spiro atoms. The number of rotatable bonds is 3. The number of guanidine groups is 1. The van der Waals surface area contributed by atoms with E-state index in [1.165, 1.54) is 11.3 Å². The molecule has 1 aromatic rings. The first kappa shape index (κ1) is 12.7. The van der Waals surface area contributed by atoms with E-state index in [9.17, 15) is 0 Å². The Labute approximate surface area is 109 Å². The second-order valence-corrected chi connectivity index (χ2v) is 5.23. The summed E-state index contributed by atoms with van der Waals surface area (Å²) in [5.41, 5.74) is 8.34. The Morgan fingerprint density at radius 3 is 2.72 bits per heavy atom. The predicted molar refractivity (Wildman–Crippen MR) is 76.1 cm³/mol. The van der Waals surface area contributed by atoms with Crippen LogP contribution in [0.4, 0.5) is 5.69 Å². The van der Waals surface area contributed by atoms with Crippen molar-refractivity contribution in [2.24, 2.45) is 5.73 Å². The highest BCUT2D eigenvalue weighted by atomic mass is 15.3. The Morgan fingerprint density at radius 1 is 1.50 bits per heavy atom. The maximum absolute atomic E-state index is 7.66. The molecule has 2 rings (SSSR count). The molecule has 18 heavy (non-hydrogen) atoms. The smallest absolute Gasteiger partial charge is 0.188 e. The van der Waals surface area contributed by atoms with Crippen LogP contribution in [0.5, 0.6) is 0 Å². The standard InChI is InChI=1S/C14H22N4/c1-10(2)18(14(15)16)9-12-8-11-6-4-5-7-13(11)17(12)3/h4-7,10,12H,8-9H2,1-3H3,(H3,15,16). The van der Waals surface area contributed by atoms with E-state index in [0.29, 0.717) is 6.04 Å². The maximum Gasteiger partial charge on any atom is 0.188 e. The van der Waals surface area contributed by atoms with Crippen molar-refractivity contribution in [2.45, 2.75) is 32.4 Å². The highest BCUT2D eigenvalue weighted by molar-refractivity contribution is 5.75. The van der Waals surface area contributed by atoms with Crippen molar-refractivity contribution in [2.75, 3.05) is 18.5 Å². The van der Waals surface area contributed by atoms with Crippen molar-refractivity contribution in [1.29, 1.82) is 5.41 Å². The summed E-state index contributed by atoms with van der Waals surface area (Å²) < 4.78 is 0. The van der Waals surface area contributed by atoms with Crippen LogP contribution in [0, 0.1) is 5.41 Å². The zero-order chi connectivity index (χ0) is 13.3. The zero-order valence-electron chi connectivity index (χ0n) is 11.4. The van der Waals surface area contributed by atoms with E-state index in [1.54, 1.807) is 0 Å². The Bertz CT molecular complexity index is 441. The summed E-state index contributed by atoms with van der Waals surface area (Å²) in [7, 11) is 2.12. The average molecular weight is 246 g/mol. The number of nitrogens with zero attached hydrogens (tertiary/aromatic N) is 2. The van der Waals surface area contributed by atoms with Gasteiger partial charge in [0, 0.05) is 25.3 Å². The topological polar surface area (TPSA) is 56.4 Å². The van der Waals surface area contributed by atoms with Crippen LogP contribution in [0.25, 0.3) is 0 Å². The van der Waals surface area contributed by atoms with E-state index in [4.69, 9.17) is 11.1 Å². The van der Waals surface area contributed by atoms with Crippen molar-refractivity contribution >= 4 is 11.6 Å². The maximum atomic E-state index is 7.66. The highest BCUT2D eigenvalue weighted by Crippen LogP contribution is 2.30. The van der Waals surface area contributed by atoms with Gasteiger partial charge in [-0.3, -0.25) is 5.41 Å². The fourth-order valence-corrected chi connectivity index (χ4v) is 2.62. The fraction of sp³-hybridized carbons (Fsp3) is 0.500. The highest BCUT2D eigenvalue weighted by Gasteiger charge is 2.28. The van der Waals surface area contributed by atoms with Crippen LogP contribution in [-0.4, -0.2) is 36.5 Å². The van der Waals surface area contributed by atoms with Crippen LogP contribution < -0.4 is 10.6 Å². The van der Waals surface area contributed by atoms with Gasteiger partial charge in [0.25, 0.3) is 0 Å². The minimum Gasteiger partial charge on any atom is -0.370 e. The lowest BCUT2D eigenvalue weighted by Crippen LogP contribution is -2.48. The number of para-hydroxylation sites is 1. The van der Waals surface area contributed by atoms with Crippen LogP contribution in [0.2, 0.25) is 0 Å². The van der Waals surface area contributed by atoms with Crippen molar-refractivity contribution in [3.05, 3.63) is 29.8 Å². The number of likely N-dealkylation sites (N-methyl/N-ethyl adjacent to an activating group) is 1. The van der Waals surface area contributed by atoms with Gasteiger partial charge in [0.15, 0.2) is 5.96 Å². The van der Waals surface area contributed by atoms with Gasteiger partial charge in [-0.25, -0.2) is 0 Å². The van der Waals surface area contributed by atoms with Crippen molar-refractivity contribution in [3.8, 4) is 0 Å². The number of benzene rings is 1. The molecule has 0 saturated carbocycles. The third-order valence-electron chi connectivity index (χ3n) is 3.72. The van der Waals surface area contributed by atoms with Gasteiger partial charge in [-0.1, -0.05) is 18.2 Å². The van der Waals surface area contributed by atoms with Crippen molar-refractivity contribution in [3.63, 3.8) is 0 Å². The van der Waals surface area contributed by atoms with Gasteiger partial charge in [0.05, 0.1) is 6.04 Å². The molecule has 0 amide bonds. The summed E-state index contributed by atoms with van der Waals surface area (Å²) >= 11 is 0. The Hall–Kier alpha value is -1.71. The SMILES string of the molecule is CC(C)N(CC1Cc2ccccc2N1C)C(=N)N. The summed E-state index contributed by atoms with van der Waals surface area (Å²) in [6, 6.07) is 9.15. The van der Waals surface area contributed by atoms with Gasteiger partial charge in [0.2, 0.25) is 0 Å². The first-order chi connectivity index (χ1) is 8.50. The lowest BCUT2D eigenvalue weighted by molar-refractivity contribution is 0.320. The summed E-state index contributed by atoms with van der Waals surface area (Å²) in [5.74, 6) is 0.161. The number of hydrogen-bond acceptors (Lipinski definition) is 2. The van der Waals surface area contributed by atoms with E-state index in [1.807, 2.05) is 4.90 Å². The molecule has 1 aliphatic heterocycles. The number of anilines is 1. The molecule has 1 heterocycles. The van der Waals surface area contributed by atoms with Gasteiger partial charge in [-0.15, -0.1) is 0 Å². The normalized spacial score (nSPS) is 18.0. The molecule has 0 aliphatic carbocycles. The Kier molecular flexibility index (Phi) is 3.45. The van der Waals surface area contributed by atoms with Crippen LogP contribution in [0.3, 0.4) is 0 Å². The Balaban J connectivity index is 2.12.